The Morgan fingerprint density at radius 3 is 1.00 bits per heavy atom. The molecule has 6 rings (SSSR count). The standard InChI is InChI=1S/C48H48N2O6/c51-47(52)17-9-3-11-35-55-45-31-27-43(28-32-45)49(39-13-5-1-6-14-39)41-23-19-37(20-24-41)38-21-25-42(26-22-38)50(40-15-7-2-8-16-40)44-29-33-46(34-30-44)56-36-12-4-10-18-48(53)54/h1-2,5-8,13-16,19-34H,3-4,9-12,17-18,35-36H2,(H,51,52)(H,53,54). The van der Waals surface area contributed by atoms with Crippen LogP contribution in [0.5, 0.6) is 11.5 Å². The van der Waals surface area contributed by atoms with Crippen molar-refractivity contribution in [1.82, 2.24) is 0 Å². The molecule has 0 fully saturated rings. The number of aliphatic carboxylic acids is 2. The molecule has 8 nitrogen and oxygen atoms in total. The van der Waals surface area contributed by atoms with Gasteiger partial charge in [-0.3, -0.25) is 9.59 Å². The number of carboxylic acids is 2. The van der Waals surface area contributed by atoms with E-state index in [0.717, 1.165) is 82.4 Å². The molecule has 286 valence electrons. The van der Waals surface area contributed by atoms with Gasteiger partial charge in [0, 0.05) is 47.0 Å². The van der Waals surface area contributed by atoms with Crippen LogP contribution in [0, 0.1) is 0 Å². The summed E-state index contributed by atoms with van der Waals surface area (Å²) in [5.41, 5.74) is 8.39. The minimum Gasteiger partial charge on any atom is -0.494 e. The second-order valence-electron chi connectivity index (χ2n) is 13.5. The van der Waals surface area contributed by atoms with Crippen molar-refractivity contribution in [1.29, 1.82) is 0 Å². The maximum Gasteiger partial charge on any atom is 0.303 e. The Balaban J connectivity index is 1.14. The van der Waals surface area contributed by atoms with Gasteiger partial charge in [0.2, 0.25) is 0 Å². The molecule has 0 atom stereocenters. The summed E-state index contributed by atoms with van der Waals surface area (Å²) in [5.74, 6) is 0.0574. The minimum atomic E-state index is -0.757. The van der Waals surface area contributed by atoms with E-state index in [0.29, 0.717) is 26.1 Å². The fourth-order valence-electron chi connectivity index (χ4n) is 6.53. The number of para-hydroxylation sites is 2. The summed E-state index contributed by atoms with van der Waals surface area (Å²) in [6, 6.07) is 54.0. The zero-order valence-corrected chi connectivity index (χ0v) is 31.5. The Labute approximate surface area is 329 Å². The van der Waals surface area contributed by atoms with Gasteiger partial charge in [-0.1, -0.05) is 60.7 Å². The average Bonchev–Trinajstić information content (AvgIpc) is 3.23. The lowest BCUT2D eigenvalue weighted by Crippen LogP contribution is -2.10. The number of unbranched alkanes of at least 4 members (excludes halogenated alkanes) is 4. The van der Waals surface area contributed by atoms with Gasteiger partial charge in [-0.05, 0) is 147 Å². The van der Waals surface area contributed by atoms with Crippen LogP contribution in [0.25, 0.3) is 11.1 Å². The predicted molar refractivity (Wildman–Crippen MR) is 224 cm³/mol. The molecule has 6 aromatic carbocycles. The fourth-order valence-corrected chi connectivity index (χ4v) is 6.53. The van der Waals surface area contributed by atoms with E-state index in [1.807, 2.05) is 60.7 Å². The van der Waals surface area contributed by atoms with Crippen molar-refractivity contribution >= 4 is 46.1 Å². The number of benzene rings is 6. The molecule has 2 N–H and O–H groups in total. The largest absolute Gasteiger partial charge is 0.494 e. The van der Waals surface area contributed by atoms with Gasteiger partial charge < -0.3 is 29.5 Å². The molecule has 0 heterocycles. The third-order valence-corrected chi connectivity index (χ3v) is 9.41. The Kier molecular flexibility index (Phi) is 14.1. The van der Waals surface area contributed by atoms with Gasteiger partial charge in [0.05, 0.1) is 13.2 Å². The number of anilines is 6. The third-order valence-electron chi connectivity index (χ3n) is 9.41. The highest BCUT2D eigenvalue weighted by Gasteiger charge is 2.15. The molecule has 0 aromatic heterocycles. The maximum atomic E-state index is 10.7. The first-order valence-electron chi connectivity index (χ1n) is 19.2. The average molecular weight is 749 g/mol. The summed E-state index contributed by atoms with van der Waals surface area (Å²) >= 11 is 0. The SMILES string of the molecule is O=C(O)CCCCCOc1ccc(N(c2ccccc2)c2ccc(-c3ccc(N(c4ccccc4)c4ccc(OCCCCCC(=O)O)cc4)cc3)cc2)cc1. The van der Waals surface area contributed by atoms with Crippen molar-refractivity contribution in [2.45, 2.75) is 51.4 Å². The fraction of sp³-hybridized carbons (Fsp3) is 0.208. The molecule has 0 spiro atoms. The molecule has 0 bridgehead atoms. The van der Waals surface area contributed by atoms with Crippen molar-refractivity contribution in [3.05, 3.63) is 158 Å². The molecular formula is C48H48N2O6. The second-order valence-corrected chi connectivity index (χ2v) is 13.5. The highest BCUT2D eigenvalue weighted by molar-refractivity contribution is 5.81. The number of carboxylic acid groups (broad SMARTS) is 2. The van der Waals surface area contributed by atoms with Gasteiger partial charge in [0.15, 0.2) is 0 Å². The van der Waals surface area contributed by atoms with Crippen LogP contribution in [0.3, 0.4) is 0 Å². The van der Waals surface area contributed by atoms with E-state index in [1.54, 1.807) is 0 Å². The van der Waals surface area contributed by atoms with Gasteiger partial charge in [-0.25, -0.2) is 0 Å². The van der Waals surface area contributed by atoms with Crippen LogP contribution in [0.15, 0.2) is 158 Å². The van der Waals surface area contributed by atoms with E-state index in [4.69, 9.17) is 19.7 Å². The summed E-state index contributed by atoms with van der Waals surface area (Å²) in [6.45, 7) is 1.11. The molecular weight excluding hydrogens is 701 g/mol. The van der Waals surface area contributed by atoms with Crippen molar-refractivity contribution in [3.63, 3.8) is 0 Å². The predicted octanol–water partition coefficient (Wildman–Crippen LogP) is 12.3. The molecule has 6 aromatic rings. The molecule has 0 aliphatic rings. The summed E-state index contributed by atoms with van der Waals surface area (Å²) in [5, 5.41) is 17.7. The first-order valence-corrected chi connectivity index (χ1v) is 19.2. The van der Waals surface area contributed by atoms with Crippen molar-refractivity contribution in [2.24, 2.45) is 0 Å². The quantitative estimate of drug-likeness (QED) is 0.0702. The van der Waals surface area contributed by atoms with Crippen LogP contribution in [-0.2, 0) is 9.59 Å². The van der Waals surface area contributed by atoms with Gasteiger partial charge in [-0.2, -0.15) is 0 Å². The topological polar surface area (TPSA) is 99.5 Å². The summed E-state index contributed by atoms with van der Waals surface area (Å²) in [6.07, 6.45) is 5.00. The van der Waals surface area contributed by atoms with E-state index in [9.17, 15) is 9.59 Å². The summed E-state index contributed by atoms with van der Waals surface area (Å²) in [4.78, 5) is 25.9. The monoisotopic (exact) mass is 748 g/mol. The Morgan fingerprint density at radius 1 is 0.375 bits per heavy atom. The van der Waals surface area contributed by atoms with E-state index in [1.165, 1.54) is 0 Å². The highest BCUT2D eigenvalue weighted by atomic mass is 16.5. The second kappa shape index (κ2) is 20.2. The van der Waals surface area contributed by atoms with Crippen molar-refractivity contribution in [2.75, 3.05) is 23.0 Å². The van der Waals surface area contributed by atoms with Crippen LogP contribution in [-0.4, -0.2) is 35.4 Å². The number of carbonyl (C=O) groups is 2. The molecule has 0 unspecified atom stereocenters. The van der Waals surface area contributed by atoms with Crippen molar-refractivity contribution < 1.29 is 29.3 Å². The minimum absolute atomic E-state index is 0.195. The molecule has 0 amide bonds. The van der Waals surface area contributed by atoms with Crippen LogP contribution in [0.2, 0.25) is 0 Å². The lowest BCUT2D eigenvalue weighted by Gasteiger charge is -2.26. The maximum absolute atomic E-state index is 10.7. The van der Waals surface area contributed by atoms with Crippen LogP contribution in [0.4, 0.5) is 34.1 Å². The number of hydrogen-bond acceptors (Lipinski definition) is 6. The molecule has 0 aliphatic carbocycles. The Morgan fingerprint density at radius 2 is 0.679 bits per heavy atom. The van der Waals surface area contributed by atoms with E-state index >= 15 is 0 Å². The van der Waals surface area contributed by atoms with Gasteiger partial charge in [-0.15, -0.1) is 0 Å². The lowest BCUT2D eigenvalue weighted by molar-refractivity contribution is -0.138. The molecule has 0 radical (unpaired) electrons. The van der Waals surface area contributed by atoms with Crippen LogP contribution >= 0.6 is 0 Å². The lowest BCUT2D eigenvalue weighted by atomic mass is 10.0. The molecule has 0 saturated heterocycles. The zero-order valence-electron chi connectivity index (χ0n) is 31.5. The Hall–Kier alpha value is -6.54. The Bertz CT molecular complexity index is 1930. The first kappa shape index (κ1) is 39.2. The number of hydrogen-bond donors (Lipinski definition) is 2. The number of rotatable bonds is 21. The summed E-state index contributed by atoms with van der Waals surface area (Å²) < 4.78 is 11.9. The number of nitrogens with zero attached hydrogens (tertiary/aromatic N) is 2. The third kappa shape index (κ3) is 11.2. The zero-order chi connectivity index (χ0) is 39.0. The molecule has 0 aliphatic heterocycles. The van der Waals surface area contributed by atoms with Gasteiger partial charge in [0.25, 0.3) is 0 Å². The summed E-state index contributed by atoms with van der Waals surface area (Å²) in [7, 11) is 0. The van der Waals surface area contributed by atoms with Gasteiger partial charge >= 0.3 is 11.9 Å². The van der Waals surface area contributed by atoms with E-state index < -0.39 is 11.9 Å². The number of ether oxygens (including phenoxy) is 2. The highest BCUT2D eigenvalue weighted by Crippen LogP contribution is 2.38. The van der Waals surface area contributed by atoms with Crippen LogP contribution in [0.1, 0.15) is 51.4 Å². The van der Waals surface area contributed by atoms with Gasteiger partial charge in [0.1, 0.15) is 11.5 Å². The normalized spacial score (nSPS) is 10.8. The first-order chi connectivity index (χ1) is 27.4. The van der Waals surface area contributed by atoms with Crippen molar-refractivity contribution in [3.8, 4) is 22.6 Å². The van der Waals surface area contributed by atoms with Crippen LogP contribution < -0.4 is 19.3 Å². The molecule has 8 heteroatoms. The molecule has 56 heavy (non-hydrogen) atoms. The smallest absolute Gasteiger partial charge is 0.303 e. The van der Waals surface area contributed by atoms with E-state index in [2.05, 4.69) is 107 Å². The molecule has 0 saturated carbocycles. The van der Waals surface area contributed by atoms with E-state index in [-0.39, 0.29) is 12.8 Å².